The second-order valence-corrected chi connectivity index (χ2v) is 14.1. The molecule has 2 aliphatic rings. The lowest BCUT2D eigenvalue weighted by atomic mass is 9.79. The highest BCUT2D eigenvalue weighted by Crippen LogP contribution is 2.49. The third-order valence-corrected chi connectivity index (χ3v) is 9.85. The van der Waals surface area contributed by atoms with E-state index < -0.39 is 21.4 Å². The monoisotopic (exact) mass is 663 g/mol. The number of carbonyl (C=O) groups is 3. The zero-order valence-corrected chi connectivity index (χ0v) is 28.7. The topological polar surface area (TPSA) is 148 Å². The van der Waals surface area contributed by atoms with Gasteiger partial charge in [-0.25, -0.2) is 0 Å². The molecule has 252 valence electrons. The molecule has 0 fully saturated rings. The summed E-state index contributed by atoms with van der Waals surface area (Å²) in [6.45, 7) is 17.3. The molecule has 4 N–H and O–H groups in total. The Balaban J connectivity index is 1.52. The third-order valence-electron chi connectivity index (χ3n) is 9.00. The minimum atomic E-state index is -4.33. The van der Waals surface area contributed by atoms with Gasteiger partial charge in [0.05, 0.1) is 24.0 Å². The Kier molecular flexibility index (Phi) is 10.4. The smallest absolute Gasteiger partial charge is 0.294 e. The van der Waals surface area contributed by atoms with Crippen molar-refractivity contribution >= 4 is 39.2 Å². The molecule has 11 nitrogen and oxygen atoms in total. The standard InChI is InChI=1S/C35H45N5O6S/c1-8-18-36-31(41)21-37-32(42)22-38-33(43)23-14-16-27-25(19-23)34(4,5)29(39(27)9-2)12-11-13-30-35(6,7)26-20-24(47(44,45)46)15-17-28(26)40(30)10-3/h8,11-17,19-20,29H,1,9-10,18,21-22H2,2-7H3,(H,36,41)(H,37,42)(H,38,43)(H,44,45,46)/b12-11+,30-13+. The van der Waals surface area contributed by atoms with Crippen molar-refractivity contribution in [1.29, 1.82) is 0 Å². The summed E-state index contributed by atoms with van der Waals surface area (Å²) in [6.07, 6.45) is 7.80. The lowest BCUT2D eigenvalue weighted by molar-refractivity contribution is -0.125. The van der Waals surface area contributed by atoms with E-state index in [4.69, 9.17) is 0 Å². The number of nitrogens with zero attached hydrogens (tertiary/aromatic N) is 2. The summed E-state index contributed by atoms with van der Waals surface area (Å²) in [5.74, 6) is -1.21. The van der Waals surface area contributed by atoms with Crippen molar-refractivity contribution in [3.05, 3.63) is 89.7 Å². The van der Waals surface area contributed by atoms with E-state index in [-0.39, 0.29) is 41.3 Å². The number of anilines is 2. The molecule has 3 amide bonds. The Bertz CT molecular complexity index is 1740. The predicted molar refractivity (Wildman–Crippen MR) is 184 cm³/mol. The van der Waals surface area contributed by atoms with Gasteiger partial charge in [0.15, 0.2) is 0 Å². The van der Waals surface area contributed by atoms with Gasteiger partial charge in [0.1, 0.15) is 0 Å². The van der Waals surface area contributed by atoms with Gasteiger partial charge in [-0.1, -0.05) is 45.9 Å². The lowest BCUT2D eigenvalue weighted by Crippen LogP contribution is -2.42. The van der Waals surface area contributed by atoms with E-state index in [2.05, 4.69) is 65.3 Å². The molecule has 1 atom stereocenters. The molecule has 0 bridgehead atoms. The lowest BCUT2D eigenvalue weighted by Gasteiger charge is -2.31. The molecule has 0 radical (unpaired) electrons. The highest BCUT2D eigenvalue weighted by atomic mass is 32.2. The number of fused-ring (bicyclic) bond motifs is 2. The average Bonchev–Trinajstić information content (AvgIpc) is 3.38. The predicted octanol–water partition coefficient (Wildman–Crippen LogP) is 3.83. The van der Waals surface area contributed by atoms with Gasteiger partial charge in [-0.2, -0.15) is 8.42 Å². The number of carbonyl (C=O) groups excluding carboxylic acids is 3. The normalized spacial score (nSPS) is 18.6. The van der Waals surface area contributed by atoms with E-state index in [9.17, 15) is 27.4 Å². The van der Waals surface area contributed by atoms with E-state index in [0.29, 0.717) is 18.7 Å². The molecule has 2 aromatic rings. The Morgan fingerprint density at radius 3 is 2.21 bits per heavy atom. The van der Waals surface area contributed by atoms with Crippen LogP contribution in [-0.4, -0.2) is 69.5 Å². The molecule has 0 spiro atoms. The van der Waals surface area contributed by atoms with Gasteiger partial charge in [-0.15, -0.1) is 6.58 Å². The van der Waals surface area contributed by atoms with Crippen LogP contribution in [0.4, 0.5) is 11.4 Å². The summed E-state index contributed by atoms with van der Waals surface area (Å²) in [5, 5.41) is 7.68. The van der Waals surface area contributed by atoms with E-state index in [1.165, 1.54) is 12.1 Å². The van der Waals surface area contributed by atoms with Gasteiger partial charge >= 0.3 is 0 Å². The Morgan fingerprint density at radius 1 is 0.915 bits per heavy atom. The summed E-state index contributed by atoms with van der Waals surface area (Å²) in [4.78, 5) is 41.2. The highest BCUT2D eigenvalue weighted by molar-refractivity contribution is 7.85. The number of benzene rings is 2. The van der Waals surface area contributed by atoms with Crippen LogP contribution in [0, 0.1) is 0 Å². The number of amides is 3. The van der Waals surface area contributed by atoms with Crippen molar-refractivity contribution in [1.82, 2.24) is 16.0 Å². The molecule has 12 heteroatoms. The minimum Gasteiger partial charge on any atom is -0.364 e. The van der Waals surface area contributed by atoms with Crippen molar-refractivity contribution < 1.29 is 27.4 Å². The van der Waals surface area contributed by atoms with Crippen molar-refractivity contribution in [3.63, 3.8) is 0 Å². The number of nitrogens with one attached hydrogen (secondary N) is 3. The fourth-order valence-corrected chi connectivity index (χ4v) is 7.02. The molecule has 0 aliphatic carbocycles. The van der Waals surface area contributed by atoms with Crippen LogP contribution in [-0.2, 0) is 30.5 Å². The molecule has 0 aromatic heterocycles. The fourth-order valence-electron chi connectivity index (χ4n) is 6.51. The number of allylic oxidation sites excluding steroid dienone is 3. The van der Waals surface area contributed by atoms with Gasteiger partial charge in [0.2, 0.25) is 11.8 Å². The second-order valence-electron chi connectivity index (χ2n) is 12.7. The Hall–Kier alpha value is -4.42. The number of rotatable bonds is 12. The van der Waals surface area contributed by atoms with Crippen molar-refractivity contribution in [2.45, 2.75) is 63.3 Å². The van der Waals surface area contributed by atoms with Gasteiger partial charge < -0.3 is 25.8 Å². The second kappa shape index (κ2) is 13.7. The maximum atomic E-state index is 13.0. The van der Waals surface area contributed by atoms with Crippen molar-refractivity contribution in [3.8, 4) is 0 Å². The number of hydrogen-bond donors (Lipinski definition) is 4. The highest BCUT2D eigenvalue weighted by Gasteiger charge is 2.43. The molecule has 1 unspecified atom stereocenters. The molecule has 0 saturated carbocycles. The van der Waals surface area contributed by atoms with Crippen LogP contribution < -0.4 is 25.8 Å². The first kappa shape index (κ1) is 35.4. The molecule has 0 saturated heterocycles. The number of likely N-dealkylation sites (N-methyl/N-ethyl adjacent to an activating group) is 2. The average molecular weight is 664 g/mol. The van der Waals surface area contributed by atoms with Crippen LogP contribution in [0.15, 0.2) is 77.9 Å². The van der Waals surface area contributed by atoms with Crippen LogP contribution in [0.25, 0.3) is 0 Å². The first-order valence-corrected chi connectivity index (χ1v) is 17.1. The van der Waals surface area contributed by atoms with Gasteiger partial charge in [0, 0.05) is 53.1 Å². The Morgan fingerprint density at radius 2 is 1.57 bits per heavy atom. The molecule has 2 aliphatic heterocycles. The van der Waals surface area contributed by atoms with E-state index >= 15 is 0 Å². The molecular formula is C35H45N5O6S. The van der Waals surface area contributed by atoms with Gasteiger partial charge in [-0.3, -0.25) is 18.9 Å². The molecule has 2 aromatic carbocycles. The maximum absolute atomic E-state index is 13.0. The van der Waals surface area contributed by atoms with Crippen LogP contribution in [0.1, 0.15) is 63.0 Å². The minimum absolute atomic E-state index is 0.0243. The summed E-state index contributed by atoms with van der Waals surface area (Å²) in [6, 6.07) is 10.3. The zero-order chi connectivity index (χ0) is 34.7. The Labute approximate surface area is 277 Å². The summed E-state index contributed by atoms with van der Waals surface area (Å²) in [7, 11) is -4.33. The molecular weight excluding hydrogens is 618 g/mol. The fraction of sp³-hybridized carbons (Fsp3) is 0.400. The summed E-state index contributed by atoms with van der Waals surface area (Å²) < 4.78 is 33.4. The first-order valence-electron chi connectivity index (χ1n) is 15.7. The SMILES string of the molecule is C=CCNC(=O)CNC(=O)CNC(=O)c1ccc2c(c1)C(C)(C)C(/C=C/C=C1/N(CC)c3ccc(S(=O)(=O)O)cc3C1(C)C)N2CC. The quantitative estimate of drug-likeness (QED) is 0.198. The largest absolute Gasteiger partial charge is 0.364 e. The maximum Gasteiger partial charge on any atom is 0.294 e. The van der Waals surface area contributed by atoms with E-state index in [0.717, 1.165) is 34.7 Å². The van der Waals surface area contributed by atoms with Crippen molar-refractivity contribution in [2.24, 2.45) is 0 Å². The first-order chi connectivity index (χ1) is 22.1. The van der Waals surface area contributed by atoms with E-state index in [1.54, 1.807) is 18.2 Å². The van der Waals surface area contributed by atoms with Crippen molar-refractivity contribution in [2.75, 3.05) is 42.5 Å². The van der Waals surface area contributed by atoms with Gasteiger partial charge in [0.25, 0.3) is 16.0 Å². The summed E-state index contributed by atoms with van der Waals surface area (Å²) >= 11 is 0. The van der Waals surface area contributed by atoms with Crippen LogP contribution in [0.3, 0.4) is 0 Å². The number of hydrogen-bond acceptors (Lipinski definition) is 7. The third kappa shape index (κ3) is 7.13. The van der Waals surface area contributed by atoms with E-state index in [1.807, 2.05) is 39.0 Å². The molecule has 47 heavy (non-hydrogen) atoms. The zero-order valence-electron chi connectivity index (χ0n) is 27.9. The van der Waals surface area contributed by atoms with Crippen LogP contribution in [0.2, 0.25) is 0 Å². The van der Waals surface area contributed by atoms with Crippen LogP contribution >= 0.6 is 0 Å². The summed E-state index contributed by atoms with van der Waals surface area (Å²) in [5.41, 5.74) is 4.35. The molecule has 4 rings (SSSR count). The molecule has 2 heterocycles. The van der Waals surface area contributed by atoms with Crippen LogP contribution in [0.5, 0.6) is 0 Å². The van der Waals surface area contributed by atoms with Gasteiger partial charge in [-0.05, 0) is 67.4 Å².